The summed E-state index contributed by atoms with van der Waals surface area (Å²) in [5, 5.41) is 4.55. The number of nitrogens with zero attached hydrogens (tertiary/aromatic N) is 5. The lowest BCUT2D eigenvalue weighted by Crippen LogP contribution is -2.39. The van der Waals surface area contributed by atoms with Crippen molar-refractivity contribution >= 4 is 17.5 Å². The molecule has 1 aliphatic rings. The van der Waals surface area contributed by atoms with Gasteiger partial charge in [-0.3, -0.25) is 4.68 Å². The fraction of sp³-hybridized carbons (Fsp3) is 0.278. The maximum atomic E-state index is 14.2. The molecule has 0 bridgehead atoms. The van der Waals surface area contributed by atoms with Crippen LogP contribution in [-0.2, 0) is 11.8 Å². The van der Waals surface area contributed by atoms with E-state index in [1.165, 1.54) is 6.07 Å². The fourth-order valence-electron chi connectivity index (χ4n) is 2.99. The van der Waals surface area contributed by atoms with Crippen molar-refractivity contribution in [3.05, 3.63) is 59.3 Å². The molecule has 1 saturated heterocycles. The molecule has 3 aromatic rings. The maximum absolute atomic E-state index is 14.2. The van der Waals surface area contributed by atoms with Crippen molar-refractivity contribution < 1.29 is 9.13 Å². The van der Waals surface area contributed by atoms with Crippen LogP contribution in [0.2, 0.25) is 5.02 Å². The third kappa shape index (κ3) is 3.40. The first-order chi connectivity index (χ1) is 12.6. The normalized spacial score (nSPS) is 17.5. The minimum absolute atomic E-state index is 0.100. The van der Waals surface area contributed by atoms with Gasteiger partial charge in [-0.05, 0) is 24.3 Å². The first kappa shape index (κ1) is 16.9. The third-order valence-corrected chi connectivity index (χ3v) is 4.53. The highest BCUT2D eigenvalue weighted by atomic mass is 35.5. The second-order valence-electron chi connectivity index (χ2n) is 6.12. The molecular formula is C18H17ClFN5O. The quantitative estimate of drug-likeness (QED) is 0.705. The molecule has 0 saturated carbocycles. The summed E-state index contributed by atoms with van der Waals surface area (Å²) >= 11 is 5.83. The molecule has 1 fully saturated rings. The SMILES string of the molecule is Cn1cc([C@H]2CN(c3nccc(-c4ccc(Cl)cc4F)n3)CCO2)cn1. The molecular weight excluding hydrogens is 357 g/mol. The highest BCUT2D eigenvalue weighted by molar-refractivity contribution is 6.30. The molecule has 3 heterocycles. The van der Waals surface area contributed by atoms with E-state index in [2.05, 4.69) is 15.1 Å². The smallest absolute Gasteiger partial charge is 0.226 e. The highest BCUT2D eigenvalue weighted by Crippen LogP contribution is 2.27. The maximum Gasteiger partial charge on any atom is 0.226 e. The molecule has 6 nitrogen and oxygen atoms in total. The Morgan fingerprint density at radius 2 is 2.19 bits per heavy atom. The van der Waals surface area contributed by atoms with Crippen molar-refractivity contribution in [3.63, 3.8) is 0 Å². The van der Waals surface area contributed by atoms with E-state index in [1.54, 1.807) is 35.3 Å². The van der Waals surface area contributed by atoms with Crippen LogP contribution in [0.25, 0.3) is 11.3 Å². The summed E-state index contributed by atoms with van der Waals surface area (Å²) in [6.45, 7) is 1.84. The summed E-state index contributed by atoms with van der Waals surface area (Å²) in [6, 6.07) is 6.25. The Bertz CT molecular complexity index is 931. The van der Waals surface area contributed by atoms with Gasteiger partial charge in [-0.1, -0.05) is 11.6 Å². The number of hydrogen-bond donors (Lipinski definition) is 0. The van der Waals surface area contributed by atoms with Crippen LogP contribution in [-0.4, -0.2) is 39.4 Å². The number of ether oxygens (including phenoxy) is 1. The lowest BCUT2D eigenvalue weighted by atomic mass is 10.1. The molecule has 134 valence electrons. The van der Waals surface area contributed by atoms with E-state index in [0.717, 1.165) is 5.56 Å². The molecule has 0 aliphatic carbocycles. The van der Waals surface area contributed by atoms with Gasteiger partial charge in [0, 0.05) is 42.1 Å². The predicted molar refractivity (Wildman–Crippen MR) is 96.6 cm³/mol. The van der Waals surface area contributed by atoms with E-state index < -0.39 is 5.82 Å². The van der Waals surface area contributed by atoms with E-state index in [0.29, 0.717) is 41.9 Å². The Kier molecular flexibility index (Phi) is 4.57. The molecule has 2 aromatic heterocycles. The average Bonchev–Trinajstić information content (AvgIpc) is 3.08. The van der Waals surface area contributed by atoms with E-state index in [-0.39, 0.29) is 6.10 Å². The van der Waals surface area contributed by atoms with Gasteiger partial charge in [-0.2, -0.15) is 5.10 Å². The summed E-state index contributed by atoms with van der Waals surface area (Å²) < 4.78 is 21.8. The molecule has 0 unspecified atom stereocenters. The van der Waals surface area contributed by atoms with Gasteiger partial charge in [0.15, 0.2) is 0 Å². The Hall–Kier alpha value is -2.51. The molecule has 8 heteroatoms. The molecule has 0 amide bonds. The zero-order chi connectivity index (χ0) is 18.1. The summed E-state index contributed by atoms with van der Waals surface area (Å²) in [4.78, 5) is 10.9. The van der Waals surface area contributed by atoms with Gasteiger partial charge in [0.2, 0.25) is 5.95 Å². The Labute approximate surface area is 155 Å². The van der Waals surface area contributed by atoms with E-state index >= 15 is 0 Å². The Morgan fingerprint density at radius 3 is 2.96 bits per heavy atom. The van der Waals surface area contributed by atoms with E-state index in [1.807, 2.05) is 18.1 Å². The van der Waals surface area contributed by atoms with Crippen molar-refractivity contribution in [3.8, 4) is 11.3 Å². The summed E-state index contributed by atoms with van der Waals surface area (Å²) in [7, 11) is 1.87. The van der Waals surface area contributed by atoms with Crippen LogP contribution in [0.4, 0.5) is 10.3 Å². The van der Waals surface area contributed by atoms with Crippen LogP contribution >= 0.6 is 11.6 Å². The van der Waals surface area contributed by atoms with Crippen LogP contribution in [0.1, 0.15) is 11.7 Å². The van der Waals surface area contributed by atoms with Gasteiger partial charge in [-0.25, -0.2) is 14.4 Å². The first-order valence-electron chi connectivity index (χ1n) is 8.24. The largest absolute Gasteiger partial charge is 0.370 e. The number of hydrogen-bond acceptors (Lipinski definition) is 5. The van der Waals surface area contributed by atoms with Crippen LogP contribution in [0.5, 0.6) is 0 Å². The van der Waals surface area contributed by atoms with Gasteiger partial charge in [0.1, 0.15) is 11.9 Å². The molecule has 1 aliphatic heterocycles. The molecule has 0 spiro atoms. The molecule has 1 atom stereocenters. The van der Waals surface area contributed by atoms with Crippen LogP contribution in [0.3, 0.4) is 0 Å². The Morgan fingerprint density at radius 1 is 1.31 bits per heavy atom. The average molecular weight is 374 g/mol. The third-order valence-electron chi connectivity index (χ3n) is 4.30. The topological polar surface area (TPSA) is 56.1 Å². The summed E-state index contributed by atoms with van der Waals surface area (Å²) in [6.07, 6.45) is 5.28. The number of aromatic nitrogens is 4. The van der Waals surface area contributed by atoms with Crippen LogP contribution < -0.4 is 4.90 Å². The molecule has 4 rings (SSSR count). The summed E-state index contributed by atoms with van der Waals surface area (Å²) in [5.74, 6) is 0.145. The second-order valence-corrected chi connectivity index (χ2v) is 6.56. The minimum Gasteiger partial charge on any atom is -0.370 e. The molecule has 0 N–H and O–H groups in total. The van der Waals surface area contributed by atoms with Crippen molar-refractivity contribution in [2.45, 2.75) is 6.10 Å². The van der Waals surface area contributed by atoms with Gasteiger partial charge in [0.25, 0.3) is 0 Å². The number of rotatable bonds is 3. The monoisotopic (exact) mass is 373 g/mol. The van der Waals surface area contributed by atoms with Crippen molar-refractivity contribution in [1.82, 2.24) is 19.7 Å². The number of anilines is 1. The van der Waals surface area contributed by atoms with Gasteiger partial charge < -0.3 is 9.64 Å². The number of aryl methyl sites for hydroxylation is 1. The predicted octanol–water partition coefficient (Wildman–Crippen LogP) is 3.25. The molecule has 1 aromatic carbocycles. The number of halogens is 2. The minimum atomic E-state index is -0.405. The van der Waals surface area contributed by atoms with Gasteiger partial charge >= 0.3 is 0 Å². The van der Waals surface area contributed by atoms with Crippen molar-refractivity contribution in [2.75, 3.05) is 24.6 Å². The standard InChI is InChI=1S/C18H17ClFN5O/c1-24-10-12(9-22-24)17-11-25(6-7-26-17)18-21-5-4-16(23-18)14-3-2-13(19)8-15(14)20/h2-5,8-10,17H,6-7,11H2,1H3/t17-/m1/s1. The number of morpholine rings is 1. The first-order valence-corrected chi connectivity index (χ1v) is 8.61. The Balaban J connectivity index is 1.59. The van der Waals surface area contributed by atoms with Crippen molar-refractivity contribution in [1.29, 1.82) is 0 Å². The zero-order valence-electron chi connectivity index (χ0n) is 14.1. The highest BCUT2D eigenvalue weighted by Gasteiger charge is 2.25. The van der Waals surface area contributed by atoms with Crippen LogP contribution in [0.15, 0.2) is 42.9 Å². The fourth-order valence-corrected chi connectivity index (χ4v) is 3.15. The molecule has 0 radical (unpaired) electrons. The lowest BCUT2D eigenvalue weighted by Gasteiger charge is -2.32. The molecule has 26 heavy (non-hydrogen) atoms. The van der Waals surface area contributed by atoms with Gasteiger partial charge in [-0.15, -0.1) is 0 Å². The van der Waals surface area contributed by atoms with E-state index in [9.17, 15) is 4.39 Å². The van der Waals surface area contributed by atoms with Crippen molar-refractivity contribution in [2.24, 2.45) is 7.05 Å². The van der Waals surface area contributed by atoms with Crippen LogP contribution in [0, 0.1) is 5.82 Å². The zero-order valence-corrected chi connectivity index (χ0v) is 14.9. The number of benzene rings is 1. The lowest BCUT2D eigenvalue weighted by molar-refractivity contribution is 0.0392. The van der Waals surface area contributed by atoms with E-state index in [4.69, 9.17) is 16.3 Å². The second kappa shape index (κ2) is 7.01. The van der Waals surface area contributed by atoms with Gasteiger partial charge in [0.05, 0.1) is 25.0 Å². The summed E-state index contributed by atoms with van der Waals surface area (Å²) in [5.41, 5.74) is 1.93.